The van der Waals surface area contributed by atoms with Crippen LogP contribution in [0.1, 0.15) is 103 Å². The van der Waals surface area contributed by atoms with Gasteiger partial charge in [-0.25, -0.2) is 4.99 Å². The van der Waals surface area contributed by atoms with E-state index in [0.29, 0.717) is 29.3 Å². The van der Waals surface area contributed by atoms with Crippen LogP contribution in [0.3, 0.4) is 0 Å². The number of anilines is 1. The topological polar surface area (TPSA) is 55.0 Å². The SMILES string of the molecule is C=Nc1c(C)c2cc(C)ccc2n1-c1[c-]c(Oc2[c-]c(C3=N[C@](C)(C(C(C)C)C(C)C)C(C)(C)N3c3c(C)cccc3C)cc(-c3ccccn3)c2)cc(C(C)(C)C)c1.[Pt+2]. The molecule has 1 aliphatic rings. The van der Waals surface area contributed by atoms with Gasteiger partial charge in [-0.15, -0.1) is 35.4 Å². The fourth-order valence-corrected chi connectivity index (χ4v) is 9.81. The summed E-state index contributed by atoms with van der Waals surface area (Å²) in [7, 11) is 0. The van der Waals surface area contributed by atoms with E-state index in [0.717, 1.165) is 56.2 Å². The summed E-state index contributed by atoms with van der Waals surface area (Å²) in [6.07, 6.45) is 1.83. The third kappa shape index (κ3) is 7.81. The van der Waals surface area contributed by atoms with Gasteiger partial charge in [0.2, 0.25) is 0 Å². The van der Waals surface area contributed by atoms with Crippen molar-refractivity contribution >= 4 is 35.0 Å². The van der Waals surface area contributed by atoms with Crippen molar-refractivity contribution in [2.75, 3.05) is 4.90 Å². The Hall–Kier alpha value is -4.80. The summed E-state index contributed by atoms with van der Waals surface area (Å²) in [6, 6.07) is 35.0. The van der Waals surface area contributed by atoms with Gasteiger partial charge in [-0.2, -0.15) is 0 Å². The van der Waals surface area contributed by atoms with Crippen LogP contribution in [0.5, 0.6) is 11.5 Å². The fraction of sp³-hybridized carbons (Fsp3) is 0.377. The van der Waals surface area contributed by atoms with Gasteiger partial charge in [0.05, 0.1) is 28.1 Å². The van der Waals surface area contributed by atoms with Crippen molar-refractivity contribution in [2.24, 2.45) is 27.7 Å². The number of rotatable bonds is 10. The molecule has 0 radical (unpaired) electrons. The van der Waals surface area contributed by atoms with E-state index in [4.69, 9.17) is 14.7 Å². The summed E-state index contributed by atoms with van der Waals surface area (Å²) < 4.78 is 9.14. The molecule has 0 fully saturated rings. The maximum absolute atomic E-state index is 6.99. The predicted molar refractivity (Wildman–Crippen MR) is 249 cm³/mol. The minimum atomic E-state index is -0.438. The molecule has 314 valence electrons. The number of hydrogen-bond donors (Lipinski definition) is 0. The molecule has 0 spiro atoms. The van der Waals surface area contributed by atoms with Crippen molar-refractivity contribution in [3.05, 3.63) is 131 Å². The number of aliphatic imine (C=N–C) groups is 2. The van der Waals surface area contributed by atoms with E-state index < -0.39 is 11.1 Å². The van der Waals surface area contributed by atoms with E-state index in [1.807, 2.05) is 30.5 Å². The van der Waals surface area contributed by atoms with Gasteiger partial charge in [-0.3, -0.25) is 4.98 Å². The Bertz CT molecular complexity index is 2560. The summed E-state index contributed by atoms with van der Waals surface area (Å²) in [5, 5.41) is 1.14. The molecule has 6 aromatic rings. The van der Waals surface area contributed by atoms with Crippen LogP contribution in [0.15, 0.2) is 95.0 Å². The fourth-order valence-electron chi connectivity index (χ4n) is 9.81. The summed E-state index contributed by atoms with van der Waals surface area (Å²) in [5.74, 6) is 3.93. The number of pyridine rings is 1. The van der Waals surface area contributed by atoms with E-state index in [9.17, 15) is 0 Å². The van der Waals surface area contributed by atoms with E-state index >= 15 is 0 Å². The van der Waals surface area contributed by atoms with Crippen LogP contribution < -0.4 is 9.64 Å². The van der Waals surface area contributed by atoms with Crippen molar-refractivity contribution in [1.29, 1.82) is 0 Å². The largest absolute Gasteiger partial charge is 2.00 e. The third-order valence-corrected chi connectivity index (χ3v) is 12.8. The van der Waals surface area contributed by atoms with Crippen LogP contribution in [-0.2, 0) is 26.5 Å². The number of aryl methyl sites for hydroxylation is 4. The van der Waals surface area contributed by atoms with Crippen molar-refractivity contribution in [3.63, 3.8) is 0 Å². The number of amidine groups is 1. The smallest absolute Gasteiger partial charge is 0.503 e. The monoisotopic (exact) mass is 978 g/mol. The average molecular weight is 979 g/mol. The van der Waals surface area contributed by atoms with Gasteiger partial charge >= 0.3 is 21.1 Å². The van der Waals surface area contributed by atoms with Crippen LogP contribution in [0.4, 0.5) is 11.5 Å². The summed E-state index contributed by atoms with van der Waals surface area (Å²) in [5.41, 5.74) is 10.4. The maximum Gasteiger partial charge on any atom is 2.00 e. The molecule has 2 aromatic heterocycles. The van der Waals surface area contributed by atoms with E-state index in [2.05, 4.69) is 185 Å². The second-order valence-electron chi connectivity index (χ2n) is 19.0. The number of aromatic nitrogens is 2. The molecule has 6 nitrogen and oxygen atoms in total. The minimum absolute atomic E-state index is 0. The molecule has 7 heteroatoms. The van der Waals surface area contributed by atoms with Gasteiger partial charge < -0.3 is 19.2 Å². The Morgan fingerprint density at radius 2 is 1.47 bits per heavy atom. The molecule has 0 N–H and O–H groups in total. The summed E-state index contributed by atoms with van der Waals surface area (Å²) in [6.45, 7) is 35.7. The Kier molecular flexibility index (Phi) is 12.4. The normalized spacial score (nSPS) is 16.5. The summed E-state index contributed by atoms with van der Waals surface area (Å²) in [4.78, 5) is 17.7. The number of fused-ring (bicyclic) bond motifs is 1. The van der Waals surface area contributed by atoms with E-state index in [-0.39, 0.29) is 26.5 Å². The first kappa shape index (κ1) is 44.7. The van der Waals surface area contributed by atoms with Crippen molar-refractivity contribution < 1.29 is 25.8 Å². The number of ether oxygens (including phenoxy) is 1. The van der Waals surface area contributed by atoms with Crippen LogP contribution in [-0.4, -0.2) is 33.2 Å². The minimum Gasteiger partial charge on any atom is -0.503 e. The number of hydrogen-bond acceptors (Lipinski definition) is 5. The molecule has 0 amide bonds. The Morgan fingerprint density at radius 1 is 0.800 bits per heavy atom. The molecule has 0 bridgehead atoms. The molecular weight excluding hydrogens is 918 g/mol. The van der Waals surface area contributed by atoms with Gasteiger partial charge in [0, 0.05) is 34.3 Å². The zero-order valence-corrected chi connectivity index (χ0v) is 40.3. The zero-order valence-electron chi connectivity index (χ0n) is 38.0. The van der Waals surface area contributed by atoms with E-state index in [1.165, 1.54) is 22.4 Å². The van der Waals surface area contributed by atoms with E-state index in [1.54, 1.807) is 0 Å². The second kappa shape index (κ2) is 16.6. The molecule has 0 unspecified atom stereocenters. The van der Waals surface area contributed by atoms with Crippen LogP contribution >= 0.6 is 0 Å². The van der Waals surface area contributed by atoms with Crippen LogP contribution in [0.2, 0.25) is 0 Å². The maximum atomic E-state index is 6.99. The van der Waals surface area contributed by atoms with Gasteiger partial charge in [-0.1, -0.05) is 108 Å². The molecule has 0 aliphatic carbocycles. The molecule has 1 atom stereocenters. The van der Waals surface area contributed by atoms with Crippen LogP contribution in [0.25, 0.3) is 27.8 Å². The molecule has 4 aromatic carbocycles. The molecule has 7 rings (SSSR count). The quantitative estimate of drug-likeness (QED) is 0.102. The second-order valence-corrected chi connectivity index (χ2v) is 19.0. The Morgan fingerprint density at radius 3 is 2.07 bits per heavy atom. The van der Waals surface area contributed by atoms with Gasteiger partial charge in [0.25, 0.3) is 0 Å². The molecule has 0 saturated heterocycles. The molecule has 60 heavy (non-hydrogen) atoms. The number of benzene rings is 4. The molecule has 0 saturated carbocycles. The standard InChI is InChI=1S/C53H61N5O.Pt/c1-32(2)47(33(3)4)53(14)52(12,13)58(48-35(6)19-18-20-36(48)7)50(56-53)39-26-38(45-21-16-17-24-55-45)27-42(28-39)59-43-30-40(51(9,10)11)29-41(31-43)57-46-23-22-34(5)25-44(46)37(8)49(57)54-15;/h16-27,29-30,32-33,47H,15H2,1-14H3;/q-2;+2/t53-;/m1./s1. The van der Waals surface area contributed by atoms with Gasteiger partial charge in [0.15, 0.2) is 0 Å². The first-order valence-electron chi connectivity index (χ1n) is 21.1. The zero-order chi connectivity index (χ0) is 42.8. The van der Waals surface area contributed by atoms with Gasteiger partial charge in [-0.05, 0) is 114 Å². The molecule has 1 aliphatic heterocycles. The van der Waals surface area contributed by atoms with Crippen molar-refractivity contribution in [2.45, 2.75) is 113 Å². The number of nitrogens with zero attached hydrogens (tertiary/aromatic N) is 5. The van der Waals surface area contributed by atoms with Gasteiger partial charge in [0.1, 0.15) is 5.82 Å². The van der Waals surface area contributed by atoms with Crippen LogP contribution in [0, 0.1) is 57.6 Å². The Labute approximate surface area is 373 Å². The third-order valence-electron chi connectivity index (χ3n) is 12.8. The van der Waals surface area contributed by atoms with Crippen molar-refractivity contribution in [3.8, 4) is 28.4 Å². The summed E-state index contributed by atoms with van der Waals surface area (Å²) >= 11 is 0. The predicted octanol–water partition coefficient (Wildman–Crippen LogP) is 13.7. The first-order chi connectivity index (χ1) is 27.8. The Balaban J connectivity index is 0.00000604. The van der Waals surface area contributed by atoms with Crippen molar-refractivity contribution in [1.82, 2.24) is 9.55 Å². The first-order valence-corrected chi connectivity index (χ1v) is 21.1. The molecular formula is C53H61N5OPt. The molecule has 3 heterocycles. The number of para-hydroxylation sites is 1. The average Bonchev–Trinajstić information content (AvgIpc) is 3.56.